The lowest BCUT2D eigenvalue weighted by molar-refractivity contribution is -0.127. The highest BCUT2D eigenvalue weighted by molar-refractivity contribution is 6.30. The van der Waals surface area contributed by atoms with Crippen LogP contribution in [0.25, 0.3) is 11.4 Å². The predicted octanol–water partition coefficient (Wildman–Crippen LogP) is 4.49. The molecule has 0 saturated carbocycles. The summed E-state index contributed by atoms with van der Waals surface area (Å²) < 4.78 is 10.6. The van der Waals surface area contributed by atoms with E-state index in [4.69, 9.17) is 20.9 Å². The Bertz CT molecular complexity index is 1040. The standard InChI is InChI=1S/C24H27ClN4O3/c1-16(17-7-11-21(31-2)12-8-17)26-24(30)19-4-3-13-29(14-19)15-22-27-23(28-32-22)18-5-9-20(25)10-6-18/h5-12,16,19H,3-4,13-15H2,1-2H3,(H,26,30). The molecule has 1 saturated heterocycles. The van der Waals surface area contributed by atoms with E-state index in [1.165, 1.54) is 0 Å². The van der Waals surface area contributed by atoms with Crippen LogP contribution in [0.15, 0.2) is 53.1 Å². The highest BCUT2D eigenvalue weighted by Gasteiger charge is 2.28. The normalized spacial score (nSPS) is 17.7. The van der Waals surface area contributed by atoms with Gasteiger partial charge in [-0.05, 0) is 68.3 Å². The van der Waals surface area contributed by atoms with E-state index in [0.29, 0.717) is 29.8 Å². The largest absolute Gasteiger partial charge is 0.497 e. The Hall–Kier alpha value is -2.90. The van der Waals surface area contributed by atoms with E-state index in [1.807, 2.05) is 43.3 Å². The molecule has 0 radical (unpaired) electrons. The number of carbonyl (C=O) groups excluding carboxylic acids is 1. The first-order chi connectivity index (χ1) is 15.5. The molecule has 2 aromatic carbocycles. The molecule has 0 spiro atoms. The predicted molar refractivity (Wildman–Crippen MR) is 122 cm³/mol. The summed E-state index contributed by atoms with van der Waals surface area (Å²) >= 11 is 5.94. The fourth-order valence-corrected chi connectivity index (χ4v) is 4.07. The van der Waals surface area contributed by atoms with E-state index in [9.17, 15) is 4.79 Å². The number of hydrogen-bond donors (Lipinski definition) is 1. The van der Waals surface area contributed by atoms with Gasteiger partial charge in [0, 0.05) is 17.1 Å². The Morgan fingerprint density at radius 3 is 2.72 bits per heavy atom. The van der Waals surface area contributed by atoms with Gasteiger partial charge < -0.3 is 14.6 Å². The minimum Gasteiger partial charge on any atom is -0.497 e. The number of amides is 1. The first-order valence-electron chi connectivity index (χ1n) is 10.8. The Balaban J connectivity index is 1.32. The van der Waals surface area contributed by atoms with Crippen molar-refractivity contribution < 1.29 is 14.1 Å². The number of carbonyl (C=O) groups is 1. The lowest BCUT2D eigenvalue weighted by Gasteiger charge is -2.31. The molecule has 4 rings (SSSR count). The molecule has 168 valence electrons. The Morgan fingerprint density at radius 2 is 2.00 bits per heavy atom. The molecule has 1 fully saturated rings. The number of nitrogens with one attached hydrogen (secondary N) is 1. The van der Waals surface area contributed by atoms with E-state index in [2.05, 4.69) is 20.4 Å². The van der Waals surface area contributed by atoms with Crippen molar-refractivity contribution in [1.29, 1.82) is 0 Å². The summed E-state index contributed by atoms with van der Waals surface area (Å²) in [5.74, 6) is 1.89. The summed E-state index contributed by atoms with van der Waals surface area (Å²) in [4.78, 5) is 19.6. The van der Waals surface area contributed by atoms with Crippen molar-refractivity contribution in [2.75, 3.05) is 20.2 Å². The first kappa shape index (κ1) is 22.3. The van der Waals surface area contributed by atoms with Gasteiger partial charge >= 0.3 is 0 Å². The number of hydrogen-bond acceptors (Lipinski definition) is 6. The molecule has 2 heterocycles. The van der Waals surface area contributed by atoms with Crippen LogP contribution in [0, 0.1) is 5.92 Å². The van der Waals surface area contributed by atoms with Crippen molar-refractivity contribution in [2.24, 2.45) is 5.92 Å². The smallest absolute Gasteiger partial charge is 0.241 e. The van der Waals surface area contributed by atoms with Crippen LogP contribution in [0.5, 0.6) is 5.75 Å². The highest BCUT2D eigenvalue weighted by atomic mass is 35.5. The number of benzene rings is 2. The van der Waals surface area contributed by atoms with E-state index >= 15 is 0 Å². The highest BCUT2D eigenvalue weighted by Crippen LogP contribution is 2.23. The molecule has 1 amide bonds. The second kappa shape index (κ2) is 10.1. The van der Waals surface area contributed by atoms with E-state index in [1.54, 1.807) is 19.2 Å². The molecule has 8 heteroatoms. The Morgan fingerprint density at radius 1 is 1.25 bits per heavy atom. The lowest BCUT2D eigenvalue weighted by atomic mass is 9.96. The zero-order valence-electron chi connectivity index (χ0n) is 18.3. The molecule has 1 aliphatic rings. The summed E-state index contributed by atoms with van der Waals surface area (Å²) in [6, 6.07) is 15.0. The second-order valence-corrected chi connectivity index (χ2v) is 8.53. The summed E-state index contributed by atoms with van der Waals surface area (Å²) in [6.45, 7) is 4.09. The quantitative estimate of drug-likeness (QED) is 0.566. The summed E-state index contributed by atoms with van der Waals surface area (Å²) in [5, 5.41) is 7.89. The number of aromatic nitrogens is 2. The van der Waals surface area contributed by atoms with Crippen LogP contribution >= 0.6 is 11.6 Å². The summed E-state index contributed by atoms with van der Waals surface area (Å²) in [7, 11) is 1.64. The van der Waals surface area contributed by atoms with Crippen LogP contribution in [0.4, 0.5) is 0 Å². The number of nitrogens with zero attached hydrogens (tertiary/aromatic N) is 3. The third-order valence-corrected chi connectivity index (χ3v) is 6.03. The average molecular weight is 455 g/mol. The lowest BCUT2D eigenvalue weighted by Crippen LogP contribution is -2.43. The van der Waals surface area contributed by atoms with Crippen LogP contribution in [0.2, 0.25) is 5.02 Å². The van der Waals surface area contributed by atoms with Crippen molar-refractivity contribution >= 4 is 17.5 Å². The van der Waals surface area contributed by atoms with Crippen molar-refractivity contribution in [3.05, 3.63) is 65.0 Å². The summed E-state index contributed by atoms with van der Waals surface area (Å²) in [5.41, 5.74) is 1.90. The second-order valence-electron chi connectivity index (χ2n) is 8.10. The molecule has 0 bridgehead atoms. The molecule has 7 nitrogen and oxygen atoms in total. The van der Waals surface area contributed by atoms with E-state index in [0.717, 1.165) is 36.3 Å². The van der Waals surface area contributed by atoms with Crippen molar-refractivity contribution in [3.8, 4) is 17.1 Å². The molecule has 2 unspecified atom stereocenters. The molecular formula is C24H27ClN4O3. The number of piperidine rings is 1. The molecule has 0 aliphatic carbocycles. The SMILES string of the molecule is COc1ccc(C(C)NC(=O)C2CCCN(Cc3nc(-c4ccc(Cl)cc4)no3)C2)cc1. The number of halogens is 1. The number of rotatable bonds is 7. The van der Waals surface area contributed by atoms with E-state index in [-0.39, 0.29) is 17.9 Å². The van der Waals surface area contributed by atoms with Crippen LogP contribution in [-0.2, 0) is 11.3 Å². The Labute approximate surface area is 192 Å². The number of methoxy groups -OCH3 is 1. The maximum absolute atomic E-state index is 12.9. The third kappa shape index (κ3) is 5.47. The molecular weight excluding hydrogens is 428 g/mol. The maximum atomic E-state index is 12.9. The molecule has 32 heavy (non-hydrogen) atoms. The van der Waals surface area contributed by atoms with Gasteiger partial charge in [0.1, 0.15) is 5.75 Å². The third-order valence-electron chi connectivity index (χ3n) is 5.78. The van der Waals surface area contributed by atoms with Gasteiger partial charge in [-0.1, -0.05) is 28.9 Å². The minimum absolute atomic E-state index is 0.0666. The first-order valence-corrected chi connectivity index (χ1v) is 11.1. The van der Waals surface area contributed by atoms with Gasteiger partial charge in [-0.2, -0.15) is 4.98 Å². The van der Waals surface area contributed by atoms with Crippen LogP contribution in [-0.4, -0.2) is 41.1 Å². The van der Waals surface area contributed by atoms with Crippen molar-refractivity contribution in [1.82, 2.24) is 20.4 Å². The van der Waals surface area contributed by atoms with Gasteiger partial charge in [0.05, 0.1) is 25.6 Å². The maximum Gasteiger partial charge on any atom is 0.241 e. The fourth-order valence-electron chi connectivity index (χ4n) is 3.95. The number of ether oxygens (including phenoxy) is 1. The van der Waals surface area contributed by atoms with Gasteiger partial charge in [0.15, 0.2) is 0 Å². The molecule has 2 atom stereocenters. The fraction of sp³-hybridized carbons (Fsp3) is 0.375. The summed E-state index contributed by atoms with van der Waals surface area (Å²) in [6.07, 6.45) is 1.82. The van der Waals surface area contributed by atoms with Crippen LogP contribution < -0.4 is 10.1 Å². The van der Waals surface area contributed by atoms with Gasteiger partial charge in [0.25, 0.3) is 0 Å². The molecule has 1 aliphatic heterocycles. The zero-order valence-corrected chi connectivity index (χ0v) is 19.0. The van der Waals surface area contributed by atoms with Crippen LogP contribution in [0.1, 0.15) is 37.3 Å². The van der Waals surface area contributed by atoms with Gasteiger partial charge in [-0.3, -0.25) is 9.69 Å². The van der Waals surface area contributed by atoms with Crippen molar-refractivity contribution in [3.63, 3.8) is 0 Å². The zero-order chi connectivity index (χ0) is 22.5. The van der Waals surface area contributed by atoms with Crippen molar-refractivity contribution in [2.45, 2.75) is 32.4 Å². The van der Waals surface area contributed by atoms with E-state index < -0.39 is 0 Å². The van der Waals surface area contributed by atoms with Crippen LogP contribution in [0.3, 0.4) is 0 Å². The molecule has 1 N–H and O–H groups in total. The van der Waals surface area contributed by atoms with Gasteiger partial charge in [0.2, 0.25) is 17.6 Å². The van der Waals surface area contributed by atoms with Gasteiger partial charge in [-0.15, -0.1) is 0 Å². The van der Waals surface area contributed by atoms with Gasteiger partial charge in [-0.25, -0.2) is 0 Å². The molecule has 1 aromatic heterocycles. The minimum atomic E-state index is -0.0679. The Kier molecular flexibility index (Phi) is 7.07. The molecule has 3 aromatic rings. The average Bonchev–Trinajstić information content (AvgIpc) is 3.28. The topological polar surface area (TPSA) is 80.5 Å². The monoisotopic (exact) mass is 454 g/mol. The number of likely N-dealkylation sites (tertiary alicyclic amines) is 1.